The standard InChI is InChI=1S/C17H30N2/c1-12(2)11-19(13(3)4)17(10-18)16-8-14(5)7-15(6)9-16/h7-9,12-13,17H,10-11,18H2,1-6H3. The van der Waals surface area contributed by atoms with E-state index in [1.54, 1.807) is 0 Å². The molecule has 0 radical (unpaired) electrons. The second kappa shape index (κ2) is 7.06. The molecule has 1 unspecified atom stereocenters. The highest BCUT2D eigenvalue weighted by atomic mass is 15.2. The number of nitrogens with zero attached hydrogens (tertiary/aromatic N) is 1. The van der Waals surface area contributed by atoms with Crippen LogP contribution in [0.2, 0.25) is 0 Å². The van der Waals surface area contributed by atoms with Crippen LogP contribution in [0.5, 0.6) is 0 Å². The Morgan fingerprint density at radius 2 is 1.53 bits per heavy atom. The molecule has 2 nitrogen and oxygen atoms in total. The molecule has 0 aliphatic heterocycles. The zero-order chi connectivity index (χ0) is 14.6. The van der Waals surface area contributed by atoms with Gasteiger partial charge in [0.2, 0.25) is 0 Å². The molecule has 0 aliphatic rings. The first-order chi connectivity index (χ1) is 8.85. The van der Waals surface area contributed by atoms with E-state index in [0.29, 0.717) is 24.5 Å². The van der Waals surface area contributed by atoms with Crippen molar-refractivity contribution in [2.75, 3.05) is 13.1 Å². The molecule has 0 bridgehead atoms. The first-order valence-electron chi connectivity index (χ1n) is 7.39. The van der Waals surface area contributed by atoms with Crippen molar-refractivity contribution in [2.24, 2.45) is 11.7 Å². The van der Waals surface area contributed by atoms with Gasteiger partial charge in [-0.3, -0.25) is 4.90 Å². The lowest BCUT2D eigenvalue weighted by atomic mass is 9.98. The molecule has 1 aromatic rings. The smallest absolute Gasteiger partial charge is 0.0473 e. The second-order valence-corrected chi connectivity index (χ2v) is 6.36. The van der Waals surface area contributed by atoms with Gasteiger partial charge in [-0.05, 0) is 39.2 Å². The van der Waals surface area contributed by atoms with E-state index in [4.69, 9.17) is 5.73 Å². The van der Waals surface area contributed by atoms with E-state index in [-0.39, 0.29) is 0 Å². The van der Waals surface area contributed by atoms with Crippen molar-refractivity contribution >= 4 is 0 Å². The molecular weight excluding hydrogens is 232 g/mol. The van der Waals surface area contributed by atoms with Gasteiger partial charge in [0.25, 0.3) is 0 Å². The Bertz CT molecular complexity index is 376. The number of rotatable bonds is 6. The van der Waals surface area contributed by atoms with Crippen molar-refractivity contribution in [3.8, 4) is 0 Å². The maximum atomic E-state index is 6.08. The highest BCUT2D eigenvalue weighted by Crippen LogP contribution is 2.25. The molecule has 0 heterocycles. The molecule has 1 atom stereocenters. The summed E-state index contributed by atoms with van der Waals surface area (Å²) in [5.41, 5.74) is 10.1. The van der Waals surface area contributed by atoms with Gasteiger partial charge in [0, 0.05) is 25.2 Å². The van der Waals surface area contributed by atoms with Crippen molar-refractivity contribution in [3.63, 3.8) is 0 Å². The van der Waals surface area contributed by atoms with Gasteiger partial charge in [-0.2, -0.15) is 0 Å². The third-order valence-electron chi connectivity index (χ3n) is 3.49. The minimum absolute atomic E-state index is 0.320. The van der Waals surface area contributed by atoms with Crippen LogP contribution in [0.1, 0.15) is 50.4 Å². The summed E-state index contributed by atoms with van der Waals surface area (Å²) in [6.45, 7) is 15.1. The summed E-state index contributed by atoms with van der Waals surface area (Å²) >= 11 is 0. The molecule has 0 aliphatic carbocycles. The molecule has 0 saturated carbocycles. The molecule has 19 heavy (non-hydrogen) atoms. The van der Waals surface area contributed by atoms with E-state index >= 15 is 0 Å². The monoisotopic (exact) mass is 262 g/mol. The fraction of sp³-hybridized carbons (Fsp3) is 0.647. The molecular formula is C17H30N2. The largest absolute Gasteiger partial charge is 0.329 e. The third-order valence-corrected chi connectivity index (χ3v) is 3.49. The number of nitrogens with two attached hydrogens (primary N) is 1. The van der Waals surface area contributed by atoms with Crippen molar-refractivity contribution in [1.82, 2.24) is 4.90 Å². The van der Waals surface area contributed by atoms with Crippen LogP contribution in [0, 0.1) is 19.8 Å². The quantitative estimate of drug-likeness (QED) is 0.847. The van der Waals surface area contributed by atoms with Gasteiger partial charge in [0.15, 0.2) is 0 Å². The van der Waals surface area contributed by atoms with E-state index < -0.39 is 0 Å². The minimum Gasteiger partial charge on any atom is -0.329 e. The fourth-order valence-corrected chi connectivity index (χ4v) is 2.78. The number of hydrogen-bond acceptors (Lipinski definition) is 2. The van der Waals surface area contributed by atoms with Gasteiger partial charge in [0.1, 0.15) is 0 Å². The summed E-state index contributed by atoms with van der Waals surface area (Å²) < 4.78 is 0. The summed E-state index contributed by atoms with van der Waals surface area (Å²) in [7, 11) is 0. The number of aryl methyl sites for hydroxylation is 2. The van der Waals surface area contributed by atoms with Crippen LogP contribution in [0.3, 0.4) is 0 Å². The van der Waals surface area contributed by atoms with Crippen molar-refractivity contribution < 1.29 is 0 Å². The van der Waals surface area contributed by atoms with Crippen LogP contribution < -0.4 is 5.73 Å². The van der Waals surface area contributed by atoms with Crippen LogP contribution in [-0.2, 0) is 0 Å². The van der Waals surface area contributed by atoms with Crippen molar-refractivity contribution in [2.45, 2.75) is 53.6 Å². The second-order valence-electron chi connectivity index (χ2n) is 6.36. The highest BCUT2D eigenvalue weighted by Gasteiger charge is 2.22. The number of benzene rings is 1. The van der Waals surface area contributed by atoms with E-state index in [2.05, 4.69) is 64.6 Å². The normalized spacial score (nSPS) is 13.6. The Kier molecular flexibility index (Phi) is 6.02. The predicted octanol–water partition coefficient (Wildman–Crippen LogP) is 3.67. The summed E-state index contributed by atoms with van der Waals surface area (Å²) in [5, 5.41) is 0. The topological polar surface area (TPSA) is 29.3 Å². The Morgan fingerprint density at radius 3 is 1.89 bits per heavy atom. The zero-order valence-corrected chi connectivity index (χ0v) is 13.4. The first-order valence-corrected chi connectivity index (χ1v) is 7.39. The molecule has 0 spiro atoms. The molecule has 2 heteroatoms. The van der Waals surface area contributed by atoms with Gasteiger partial charge in [0.05, 0.1) is 0 Å². The van der Waals surface area contributed by atoms with Gasteiger partial charge >= 0.3 is 0 Å². The van der Waals surface area contributed by atoms with Gasteiger partial charge < -0.3 is 5.73 Å². The molecule has 0 fully saturated rings. The molecule has 1 rings (SSSR count). The Labute approximate surface area is 119 Å². The summed E-state index contributed by atoms with van der Waals surface area (Å²) in [5.74, 6) is 0.655. The van der Waals surface area contributed by atoms with Gasteiger partial charge in [-0.15, -0.1) is 0 Å². The minimum atomic E-state index is 0.320. The van der Waals surface area contributed by atoms with Crippen LogP contribution in [0.25, 0.3) is 0 Å². The van der Waals surface area contributed by atoms with E-state index in [1.165, 1.54) is 16.7 Å². The zero-order valence-electron chi connectivity index (χ0n) is 13.4. The third kappa shape index (κ3) is 4.63. The molecule has 2 N–H and O–H groups in total. The number of hydrogen-bond donors (Lipinski definition) is 1. The van der Waals surface area contributed by atoms with E-state index in [1.807, 2.05) is 0 Å². The Morgan fingerprint density at radius 1 is 1.00 bits per heavy atom. The van der Waals surface area contributed by atoms with Gasteiger partial charge in [-0.25, -0.2) is 0 Å². The summed E-state index contributed by atoms with van der Waals surface area (Å²) in [6, 6.07) is 7.61. The predicted molar refractivity (Wildman–Crippen MR) is 84.4 cm³/mol. The SMILES string of the molecule is Cc1cc(C)cc(C(CN)N(CC(C)C)C(C)C)c1. The lowest BCUT2D eigenvalue weighted by Gasteiger charge is -2.36. The summed E-state index contributed by atoms with van der Waals surface area (Å²) in [4.78, 5) is 2.53. The average Bonchev–Trinajstić information content (AvgIpc) is 2.26. The first kappa shape index (κ1) is 16.2. The van der Waals surface area contributed by atoms with Crippen LogP contribution in [0.4, 0.5) is 0 Å². The Hall–Kier alpha value is -0.860. The lowest BCUT2D eigenvalue weighted by Crippen LogP contribution is -2.41. The molecule has 0 aromatic heterocycles. The van der Waals surface area contributed by atoms with Crippen molar-refractivity contribution in [3.05, 3.63) is 34.9 Å². The molecule has 1 aromatic carbocycles. The maximum absolute atomic E-state index is 6.08. The molecule has 0 saturated heterocycles. The Balaban J connectivity index is 3.08. The van der Waals surface area contributed by atoms with Gasteiger partial charge in [-0.1, -0.05) is 43.2 Å². The van der Waals surface area contributed by atoms with E-state index in [9.17, 15) is 0 Å². The molecule has 108 valence electrons. The van der Waals surface area contributed by atoms with Crippen molar-refractivity contribution in [1.29, 1.82) is 0 Å². The fourth-order valence-electron chi connectivity index (χ4n) is 2.78. The summed E-state index contributed by atoms with van der Waals surface area (Å²) in [6.07, 6.45) is 0. The van der Waals surface area contributed by atoms with Crippen LogP contribution in [-0.4, -0.2) is 24.0 Å². The average molecular weight is 262 g/mol. The van der Waals surface area contributed by atoms with E-state index in [0.717, 1.165) is 6.54 Å². The molecule has 0 amide bonds. The van der Waals surface area contributed by atoms with Crippen LogP contribution in [0.15, 0.2) is 18.2 Å². The maximum Gasteiger partial charge on any atom is 0.0473 e. The lowest BCUT2D eigenvalue weighted by molar-refractivity contribution is 0.138. The van der Waals surface area contributed by atoms with Crippen LogP contribution >= 0.6 is 0 Å². The highest BCUT2D eigenvalue weighted by molar-refractivity contribution is 5.31.